The second-order valence-corrected chi connectivity index (χ2v) is 6.41. The lowest BCUT2D eigenvalue weighted by Crippen LogP contribution is -2.47. The molecule has 6 heteroatoms. The molecule has 0 fully saturated rings. The number of ketones is 1. The smallest absolute Gasteiger partial charge is 0.287 e. The van der Waals surface area contributed by atoms with Gasteiger partial charge in [-0.15, -0.1) is 0 Å². The number of carbonyl (C=O) groups is 3. The first-order valence-corrected chi connectivity index (χ1v) is 8.80. The zero-order valence-corrected chi connectivity index (χ0v) is 15.3. The van der Waals surface area contributed by atoms with E-state index >= 15 is 0 Å². The maximum absolute atomic E-state index is 12.9. The third-order valence-electron chi connectivity index (χ3n) is 4.28. The summed E-state index contributed by atoms with van der Waals surface area (Å²) in [6.07, 6.45) is 0.159. The summed E-state index contributed by atoms with van der Waals surface area (Å²) in [5, 5.41) is 2.64. The van der Waals surface area contributed by atoms with Gasteiger partial charge in [-0.05, 0) is 18.6 Å². The number of Topliss-reactive ketones (excluding diaryl/α,β-unsaturated/α-hetero) is 1. The van der Waals surface area contributed by atoms with E-state index in [0.717, 1.165) is 11.1 Å². The summed E-state index contributed by atoms with van der Waals surface area (Å²) in [6.45, 7) is 1.74. The van der Waals surface area contributed by atoms with Gasteiger partial charge in [0, 0.05) is 12.0 Å². The maximum Gasteiger partial charge on any atom is 0.287 e. The van der Waals surface area contributed by atoms with Gasteiger partial charge in [0.1, 0.15) is 17.6 Å². The van der Waals surface area contributed by atoms with Crippen LogP contribution in [0.1, 0.15) is 21.7 Å². The molecular formula is C22H20N2O4. The molecule has 3 N–H and O–H groups in total. The van der Waals surface area contributed by atoms with Crippen molar-refractivity contribution in [2.45, 2.75) is 19.4 Å². The summed E-state index contributed by atoms with van der Waals surface area (Å²) in [4.78, 5) is 36.6. The Kier molecular flexibility index (Phi) is 5.69. The molecule has 2 amide bonds. The van der Waals surface area contributed by atoms with Crippen LogP contribution in [0.3, 0.4) is 0 Å². The number of amides is 2. The summed E-state index contributed by atoms with van der Waals surface area (Å²) < 4.78 is 5.69. The zero-order chi connectivity index (χ0) is 20.1. The fourth-order valence-electron chi connectivity index (χ4n) is 2.95. The van der Waals surface area contributed by atoms with E-state index in [0.29, 0.717) is 17.1 Å². The number of primary amides is 1. The number of carbonyl (C=O) groups excluding carboxylic acids is 3. The Morgan fingerprint density at radius 2 is 1.61 bits per heavy atom. The molecule has 0 aliphatic carbocycles. The molecule has 0 saturated heterocycles. The molecule has 3 rings (SSSR count). The number of nitrogens with one attached hydrogen (secondary N) is 1. The van der Waals surface area contributed by atoms with Crippen molar-refractivity contribution in [1.82, 2.24) is 5.32 Å². The van der Waals surface area contributed by atoms with Crippen molar-refractivity contribution >= 4 is 17.6 Å². The molecule has 0 aliphatic heterocycles. The van der Waals surface area contributed by atoms with E-state index in [-0.39, 0.29) is 6.42 Å². The molecule has 1 aromatic heterocycles. The van der Waals surface area contributed by atoms with Gasteiger partial charge in [0.2, 0.25) is 5.78 Å². The minimum atomic E-state index is -1.09. The molecule has 1 atom stereocenters. The normalized spacial score (nSPS) is 11.6. The molecule has 142 valence electrons. The van der Waals surface area contributed by atoms with Crippen LogP contribution in [0, 0.1) is 6.92 Å². The van der Waals surface area contributed by atoms with Crippen molar-refractivity contribution in [3.8, 4) is 11.3 Å². The summed E-state index contributed by atoms with van der Waals surface area (Å²) in [5.41, 5.74) is 7.00. The summed E-state index contributed by atoms with van der Waals surface area (Å²) >= 11 is 0. The average molecular weight is 376 g/mol. The molecule has 0 spiro atoms. The Labute approximate surface area is 162 Å². The third kappa shape index (κ3) is 4.35. The highest BCUT2D eigenvalue weighted by atomic mass is 16.3. The van der Waals surface area contributed by atoms with Gasteiger partial charge in [0.15, 0.2) is 0 Å². The number of benzene rings is 2. The van der Waals surface area contributed by atoms with Crippen LogP contribution >= 0.6 is 0 Å². The van der Waals surface area contributed by atoms with Crippen LogP contribution in [-0.4, -0.2) is 23.6 Å². The van der Waals surface area contributed by atoms with E-state index in [1.165, 1.54) is 0 Å². The summed E-state index contributed by atoms with van der Waals surface area (Å²) in [6, 6.07) is 18.8. The van der Waals surface area contributed by atoms with Crippen LogP contribution in [0.5, 0.6) is 0 Å². The van der Waals surface area contributed by atoms with Gasteiger partial charge in [-0.3, -0.25) is 14.4 Å². The predicted molar refractivity (Wildman–Crippen MR) is 104 cm³/mol. The van der Waals surface area contributed by atoms with Gasteiger partial charge < -0.3 is 15.5 Å². The summed E-state index contributed by atoms with van der Waals surface area (Å²) in [5.74, 6) is -1.48. The first kappa shape index (κ1) is 19.1. The Bertz CT molecular complexity index is 994. The first-order chi connectivity index (χ1) is 13.5. The topological polar surface area (TPSA) is 102 Å². The predicted octanol–water partition coefficient (Wildman–Crippen LogP) is 2.65. The number of furan rings is 1. The maximum atomic E-state index is 12.9. The molecule has 0 radical (unpaired) electrons. The Hall–Kier alpha value is -3.67. The molecule has 1 heterocycles. The monoisotopic (exact) mass is 376 g/mol. The SMILES string of the molecule is Cc1cc(C(=O)NC(Cc2ccccc2)C(=O)C(N)=O)c(-c2ccccc2)o1. The van der Waals surface area contributed by atoms with Gasteiger partial charge >= 0.3 is 0 Å². The van der Waals surface area contributed by atoms with Crippen molar-refractivity contribution < 1.29 is 18.8 Å². The molecule has 0 saturated carbocycles. The van der Waals surface area contributed by atoms with Crippen molar-refractivity contribution in [3.05, 3.63) is 83.6 Å². The largest absolute Gasteiger partial charge is 0.461 e. The highest BCUT2D eigenvalue weighted by Gasteiger charge is 2.28. The standard InChI is InChI=1S/C22H20N2O4/c1-14-12-17(20(28-14)16-10-6-3-7-11-16)22(27)24-18(19(25)21(23)26)13-15-8-4-2-5-9-15/h2-12,18H,13H2,1H3,(H2,23,26)(H,24,27). The fourth-order valence-corrected chi connectivity index (χ4v) is 2.95. The van der Waals surface area contributed by atoms with Gasteiger partial charge in [-0.2, -0.15) is 0 Å². The van der Waals surface area contributed by atoms with E-state index < -0.39 is 23.6 Å². The zero-order valence-electron chi connectivity index (χ0n) is 15.3. The molecular weight excluding hydrogens is 356 g/mol. The van der Waals surface area contributed by atoms with E-state index in [9.17, 15) is 14.4 Å². The van der Waals surface area contributed by atoms with Gasteiger partial charge in [-0.1, -0.05) is 60.7 Å². The van der Waals surface area contributed by atoms with Crippen molar-refractivity contribution in [1.29, 1.82) is 0 Å². The van der Waals surface area contributed by atoms with E-state index in [1.807, 2.05) is 60.7 Å². The van der Waals surface area contributed by atoms with E-state index in [2.05, 4.69) is 5.32 Å². The highest BCUT2D eigenvalue weighted by molar-refractivity contribution is 6.38. The quantitative estimate of drug-likeness (QED) is 0.619. The van der Waals surface area contributed by atoms with Crippen LogP contribution in [0.2, 0.25) is 0 Å². The minimum Gasteiger partial charge on any atom is -0.461 e. The second kappa shape index (κ2) is 8.35. The van der Waals surface area contributed by atoms with Gasteiger partial charge in [0.25, 0.3) is 11.8 Å². The highest BCUT2D eigenvalue weighted by Crippen LogP contribution is 2.27. The number of hydrogen-bond acceptors (Lipinski definition) is 4. The van der Waals surface area contributed by atoms with Crippen molar-refractivity contribution in [3.63, 3.8) is 0 Å². The Morgan fingerprint density at radius 3 is 2.21 bits per heavy atom. The number of aryl methyl sites for hydroxylation is 1. The van der Waals surface area contributed by atoms with E-state index in [1.54, 1.807) is 13.0 Å². The first-order valence-electron chi connectivity index (χ1n) is 8.80. The van der Waals surface area contributed by atoms with E-state index in [4.69, 9.17) is 10.2 Å². The van der Waals surface area contributed by atoms with Crippen molar-refractivity contribution in [2.75, 3.05) is 0 Å². The number of nitrogens with two attached hydrogens (primary N) is 1. The van der Waals surface area contributed by atoms with Crippen LogP contribution in [0.25, 0.3) is 11.3 Å². The summed E-state index contributed by atoms with van der Waals surface area (Å²) in [7, 11) is 0. The lowest BCUT2D eigenvalue weighted by molar-refractivity contribution is -0.137. The Morgan fingerprint density at radius 1 is 1.00 bits per heavy atom. The third-order valence-corrected chi connectivity index (χ3v) is 4.28. The van der Waals surface area contributed by atoms with Crippen LogP contribution in [-0.2, 0) is 16.0 Å². The molecule has 0 aliphatic rings. The van der Waals surface area contributed by atoms with Crippen molar-refractivity contribution in [2.24, 2.45) is 5.73 Å². The average Bonchev–Trinajstić information content (AvgIpc) is 3.10. The van der Waals surface area contributed by atoms with Crippen LogP contribution in [0.4, 0.5) is 0 Å². The van der Waals surface area contributed by atoms with Crippen LogP contribution < -0.4 is 11.1 Å². The molecule has 28 heavy (non-hydrogen) atoms. The second-order valence-electron chi connectivity index (χ2n) is 6.41. The fraction of sp³-hybridized carbons (Fsp3) is 0.136. The molecule has 2 aromatic carbocycles. The molecule has 3 aromatic rings. The molecule has 6 nitrogen and oxygen atoms in total. The number of rotatable bonds is 7. The van der Waals surface area contributed by atoms with Gasteiger partial charge in [0.05, 0.1) is 5.56 Å². The lowest BCUT2D eigenvalue weighted by Gasteiger charge is -2.16. The molecule has 0 bridgehead atoms. The minimum absolute atomic E-state index is 0.159. The van der Waals surface area contributed by atoms with Crippen LogP contribution in [0.15, 0.2) is 71.1 Å². The lowest BCUT2D eigenvalue weighted by atomic mass is 10.0. The number of hydrogen-bond donors (Lipinski definition) is 2. The Balaban J connectivity index is 1.88. The molecule has 1 unspecified atom stereocenters. The van der Waals surface area contributed by atoms with Gasteiger partial charge in [-0.25, -0.2) is 0 Å².